The predicted molar refractivity (Wildman–Crippen MR) is 178 cm³/mol. The van der Waals surface area contributed by atoms with Crippen molar-refractivity contribution in [3.8, 4) is 28.8 Å². The fourth-order valence-electron chi connectivity index (χ4n) is 6.60. The number of aromatic nitrogens is 4. The van der Waals surface area contributed by atoms with E-state index in [1.54, 1.807) is 33.8 Å². The molecule has 2 fully saturated rings. The molecule has 0 aliphatic carbocycles. The van der Waals surface area contributed by atoms with E-state index < -0.39 is 11.4 Å². The molecule has 1 atom stereocenters. The number of nitriles is 1. The van der Waals surface area contributed by atoms with Gasteiger partial charge in [-0.3, -0.25) is 9.69 Å². The quantitative estimate of drug-likeness (QED) is 0.202. The molecule has 12 heteroatoms. The van der Waals surface area contributed by atoms with Crippen molar-refractivity contribution < 1.29 is 13.9 Å². The average molecular weight is 638 g/mol. The molecular weight excluding hydrogens is 597 g/mol. The summed E-state index contributed by atoms with van der Waals surface area (Å²) in [6.07, 6.45) is 4.68. The number of likely N-dealkylation sites (tertiary alicyclic amines) is 1. The first-order valence-corrected chi connectivity index (χ1v) is 16.1. The maximum absolute atomic E-state index is 15.6. The topological polar surface area (TPSA) is 129 Å². The second kappa shape index (κ2) is 13.5. The van der Waals surface area contributed by atoms with Crippen LogP contribution in [0.4, 0.5) is 10.2 Å². The summed E-state index contributed by atoms with van der Waals surface area (Å²) in [6, 6.07) is 15.7. The monoisotopic (exact) mass is 637 g/mol. The maximum atomic E-state index is 15.6. The molecule has 4 aromatic rings. The van der Waals surface area contributed by atoms with Gasteiger partial charge in [0.1, 0.15) is 46.8 Å². The first-order valence-electron chi connectivity index (χ1n) is 16.1. The minimum absolute atomic E-state index is 0.136. The van der Waals surface area contributed by atoms with Crippen molar-refractivity contribution in [2.75, 3.05) is 45.0 Å². The van der Waals surface area contributed by atoms with Crippen LogP contribution >= 0.6 is 0 Å². The standard InChI is InChI=1S/C35H40FN9O2/c1-4-42-15-17-43(18-16-42)35(2,3)20-24(21-37)34(46)44-14-8-9-25(44)22-45-33-30(32(38)39-23-40-33)31(41-45)28-13-12-27(19-29(28)36)47-26-10-6-5-7-11-26/h5-7,10-13,19-20,23,25H,4,8-9,14-18,22H2,1-3H3,(H2,38,39,40)/t25-/m1/s1. The van der Waals surface area contributed by atoms with Crippen molar-refractivity contribution in [3.05, 3.63) is 72.3 Å². The van der Waals surface area contributed by atoms with Crippen molar-refractivity contribution in [2.45, 2.75) is 51.7 Å². The van der Waals surface area contributed by atoms with Gasteiger partial charge in [-0.25, -0.2) is 19.0 Å². The van der Waals surface area contributed by atoms with E-state index in [9.17, 15) is 10.1 Å². The Bertz CT molecular complexity index is 1820. The van der Waals surface area contributed by atoms with Crippen LogP contribution in [-0.4, -0.2) is 91.2 Å². The number of amides is 1. The van der Waals surface area contributed by atoms with Crippen molar-refractivity contribution in [2.24, 2.45) is 0 Å². The zero-order valence-corrected chi connectivity index (χ0v) is 27.1. The van der Waals surface area contributed by atoms with Crippen LogP contribution < -0.4 is 10.5 Å². The molecule has 244 valence electrons. The highest BCUT2D eigenvalue weighted by Crippen LogP contribution is 2.35. The Morgan fingerprint density at radius 2 is 1.87 bits per heavy atom. The third kappa shape index (κ3) is 6.68. The smallest absolute Gasteiger partial charge is 0.264 e. The zero-order valence-electron chi connectivity index (χ0n) is 27.1. The number of carbonyl (C=O) groups excluding carboxylic acids is 1. The lowest BCUT2D eigenvalue weighted by Crippen LogP contribution is -2.54. The van der Waals surface area contributed by atoms with Gasteiger partial charge in [0, 0.05) is 49.9 Å². The number of benzene rings is 2. The Hall–Kier alpha value is -4.86. The number of nitrogen functional groups attached to an aromatic ring is 1. The molecule has 2 N–H and O–H groups in total. The summed E-state index contributed by atoms with van der Waals surface area (Å²) in [7, 11) is 0. The van der Waals surface area contributed by atoms with E-state index in [1.807, 2.05) is 24.3 Å². The fourth-order valence-corrected chi connectivity index (χ4v) is 6.60. The molecule has 0 saturated carbocycles. The number of nitrogens with two attached hydrogens (primary N) is 1. The Balaban J connectivity index is 1.25. The molecule has 1 amide bonds. The highest BCUT2D eigenvalue weighted by molar-refractivity contribution is 5.99. The molecule has 47 heavy (non-hydrogen) atoms. The SMILES string of the molecule is CCN1CCN(C(C)(C)C=C(C#N)C(=O)N2CCC[C@@H]2Cn2nc(-c3ccc(Oc4ccccc4)cc3F)c3c(N)ncnc32)CC1. The number of para-hydroxylation sites is 1. The Morgan fingerprint density at radius 1 is 1.11 bits per heavy atom. The van der Waals surface area contributed by atoms with Gasteiger partial charge in [-0.05, 0) is 63.6 Å². The molecule has 0 spiro atoms. The van der Waals surface area contributed by atoms with Crippen LogP contribution in [0.5, 0.6) is 11.5 Å². The first kappa shape index (κ1) is 32.1. The van der Waals surface area contributed by atoms with Crippen molar-refractivity contribution in [1.29, 1.82) is 5.26 Å². The molecule has 0 unspecified atom stereocenters. The molecule has 0 bridgehead atoms. The minimum Gasteiger partial charge on any atom is -0.457 e. The van der Waals surface area contributed by atoms with Gasteiger partial charge in [0.15, 0.2) is 5.65 Å². The first-order chi connectivity index (χ1) is 22.7. The number of fused-ring (bicyclic) bond motifs is 1. The van der Waals surface area contributed by atoms with Gasteiger partial charge >= 0.3 is 0 Å². The number of anilines is 1. The Kier molecular flexibility index (Phi) is 9.20. The number of hydrogen-bond donors (Lipinski definition) is 1. The lowest BCUT2D eigenvalue weighted by atomic mass is 9.97. The van der Waals surface area contributed by atoms with Gasteiger partial charge in [-0.15, -0.1) is 0 Å². The normalized spacial score (nSPS) is 18.1. The Morgan fingerprint density at radius 3 is 2.57 bits per heavy atom. The van der Waals surface area contributed by atoms with Gasteiger partial charge in [-0.1, -0.05) is 25.1 Å². The third-order valence-corrected chi connectivity index (χ3v) is 9.24. The van der Waals surface area contributed by atoms with E-state index in [2.05, 4.69) is 46.6 Å². The molecule has 2 aromatic carbocycles. The van der Waals surface area contributed by atoms with E-state index in [0.29, 0.717) is 41.3 Å². The molecule has 4 heterocycles. The number of rotatable bonds is 9. The van der Waals surface area contributed by atoms with E-state index in [0.717, 1.165) is 45.6 Å². The molecule has 2 aromatic heterocycles. The average Bonchev–Trinajstić information content (AvgIpc) is 3.69. The van der Waals surface area contributed by atoms with E-state index >= 15 is 4.39 Å². The number of hydrogen-bond acceptors (Lipinski definition) is 9. The van der Waals surface area contributed by atoms with Crippen molar-refractivity contribution in [1.82, 2.24) is 34.4 Å². The van der Waals surface area contributed by atoms with Crippen LogP contribution in [0.3, 0.4) is 0 Å². The molecule has 0 radical (unpaired) electrons. The van der Waals surface area contributed by atoms with Crippen LogP contribution in [-0.2, 0) is 11.3 Å². The Labute approximate surface area is 274 Å². The third-order valence-electron chi connectivity index (χ3n) is 9.24. The van der Waals surface area contributed by atoms with E-state index in [4.69, 9.17) is 15.6 Å². The highest BCUT2D eigenvalue weighted by atomic mass is 19.1. The lowest BCUT2D eigenvalue weighted by molar-refractivity contribution is -0.127. The summed E-state index contributed by atoms with van der Waals surface area (Å²) >= 11 is 0. The van der Waals surface area contributed by atoms with E-state index in [-0.39, 0.29) is 28.9 Å². The fraction of sp³-hybridized carbons (Fsp3) is 0.400. The molecule has 2 aliphatic rings. The van der Waals surface area contributed by atoms with Crippen LogP contribution in [0.1, 0.15) is 33.6 Å². The van der Waals surface area contributed by atoms with Gasteiger partial charge in [-0.2, -0.15) is 10.4 Å². The summed E-state index contributed by atoms with van der Waals surface area (Å²) in [5.41, 5.74) is 6.96. The lowest BCUT2D eigenvalue weighted by Gasteiger charge is -2.42. The number of piperazine rings is 1. The van der Waals surface area contributed by atoms with Gasteiger partial charge in [0.25, 0.3) is 5.91 Å². The number of carbonyl (C=O) groups is 1. The van der Waals surface area contributed by atoms with Crippen LogP contribution in [0.2, 0.25) is 0 Å². The van der Waals surface area contributed by atoms with Gasteiger partial charge < -0.3 is 20.3 Å². The largest absolute Gasteiger partial charge is 0.457 e. The number of ether oxygens (including phenoxy) is 1. The van der Waals surface area contributed by atoms with Crippen LogP contribution in [0.15, 0.2) is 66.5 Å². The number of nitrogens with zero attached hydrogens (tertiary/aromatic N) is 8. The number of likely N-dealkylation sites (N-methyl/N-ethyl adjacent to an activating group) is 1. The molecule has 2 saturated heterocycles. The minimum atomic E-state index is -0.534. The second-order valence-corrected chi connectivity index (χ2v) is 12.6. The zero-order chi connectivity index (χ0) is 33.1. The molecule has 6 rings (SSSR count). The predicted octanol–water partition coefficient (Wildman–Crippen LogP) is 4.86. The summed E-state index contributed by atoms with van der Waals surface area (Å²) < 4.78 is 23.1. The van der Waals surface area contributed by atoms with Gasteiger partial charge in [0.05, 0.1) is 18.0 Å². The van der Waals surface area contributed by atoms with Crippen molar-refractivity contribution >= 4 is 22.8 Å². The summed E-state index contributed by atoms with van der Waals surface area (Å²) in [4.78, 5) is 28.9. The molecular formula is C35H40FN9O2. The summed E-state index contributed by atoms with van der Waals surface area (Å²) in [5, 5.41) is 15.3. The molecule has 11 nitrogen and oxygen atoms in total. The summed E-state index contributed by atoms with van der Waals surface area (Å²) in [5.74, 6) is 0.291. The maximum Gasteiger partial charge on any atom is 0.264 e. The van der Waals surface area contributed by atoms with Crippen LogP contribution in [0.25, 0.3) is 22.3 Å². The number of halogens is 1. The highest BCUT2D eigenvalue weighted by Gasteiger charge is 2.35. The second-order valence-electron chi connectivity index (χ2n) is 12.6. The van der Waals surface area contributed by atoms with Crippen molar-refractivity contribution in [3.63, 3.8) is 0 Å². The molecule has 2 aliphatic heterocycles. The summed E-state index contributed by atoms with van der Waals surface area (Å²) in [6.45, 7) is 11.8. The van der Waals surface area contributed by atoms with E-state index in [1.165, 1.54) is 12.4 Å². The van der Waals surface area contributed by atoms with Crippen LogP contribution in [0, 0.1) is 17.1 Å². The van der Waals surface area contributed by atoms with Gasteiger partial charge in [0.2, 0.25) is 0 Å².